The van der Waals surface area contributed by atoms with Gasteiger partial charge in [-0.3, -0.25) is 0 Å². The lowest BCUT2D eigenvalue weighted by atomic mass is 10.6. The Morgan fingerprint density at radius 2 is 2.00 bits per heavy atom. The van der Waals surface area contributed by atoms with E-state index in [1.165, 1.54) is 0 Å². The van der Waals surface area contributed by atoms with Gasteiger partial charge in [0.2, 0.25) is 0 Å². The topological polar surface area (TPSA) is 17.1 Å². The van der Waals surface area contributed by atoms with Crippen molar-refractivity contribution in [3.05, 3.63) is 6.92 Å². The first kappa shape index (κ1) is 9.23. The zero-order valence-electron chi connectivity index (χ0n) is 6.39. The minimum atomic E-state index is -1.79. The van der Waals surface area contributed by atoms with Crippen LogP contribution in [0, 0.1) is 6.92 Å². The summed E-state index contributed by atoms with van der Waals surface area (Å²) >= 11 is 0. The molecule has 55 valence electrons. The average Bonchev–Trinajstić information content (AvgIpc) is 1.89. The van der Waals surface area contributed by atoms with E-state index in [-0.39, 0.29) is 0 Å². The molecule has 1 unspecified atom stereocenters. The molecule has 9 heavy (non-hydrogen) atoms. The van der Waals surface area contributed by atoms with Gasteiger partial charge in [-0.05, 0) is 19.5 Å². The van der Waals surface area contributed by atoms with Crippen molar-refractivity contribution in [3.63, 3.8) is 0 Å². The van der Waals surface area contributed by atoms with Crippen molar-refractivity contribution >= 4 is 7.14 Å². The first-order chi connectivity index (χ1) is 4.18. The molecule has 0 N–H and O–H groups in total. The van der Waals surface area contributed by atoms with Gasteiger partial charge in [-0.25, -0.2) is 0 Å². The van der Waals surface area contributed by atoms with E-state index in [1.54, 1.807) is 0 Å². The molecule has 0 aliphatic rings. The fraction of sp³-hybridized carbons (Fsp3) is 0.857. The summed E-state index contributed by atoms with van der Waals surface area (Å²) in [5, 5.41) is 0. The smallest absolute Gasteiger partial charge is 0.0874 e. The molecule has 0 saturated heterocycles. The minimum absolute atomic E-state index is 0.636. The molecule has 2 heteroatoms. The summed E-state index contributed by atoms with van der Waals surface area (Å²) in [5.74, 6) is 0. The highest BCUT2D eigenvalue weighted by Crippen LogP contribution is 2.44. The summed E-state index contributed by atoms with van der Waals surface area (Å²) in [6.45, 7) is 7.74. The molecule has 0 aliphatic carbocycles. The van der Waals surface area contributed by atoms with Crippen LogP contribution in [0.4, 0.5) is 0 Å². The maximum absolute atomic E-state index is 11.5. The van der Waals surface area contributed by atoms with Crippen molar-refractivity contribution in [2.75, 3.05) is 18.5 Å². The second-order valence-corrected chi connectivity index (χ2v) is 5.96. The molecule has 0 aromatic rings. The monoisotopic (exact) mass is 147 g/mol. The summed E-state index contributed by atoms with van der Waals surface area (Å²) in [5.41, 5.74) is 0. The van der Waals surface area contributed by atoms with Crippen LogP contribution in [-0.4, -0.2) is 18.5 Å². The maximum Gasteiger partial charge on any atom is 0.0874 e. The number of hydrogen-bond donors (Lipinski definition) is 0. The predicted octanol–water partition coefficient (Wildman–Crippen LogP) is 2.61. The summed E-state index contributed by atoms with van der Waals surface area (Å²) in [6, 6.07) is 0. The molecule has 0 fully saturated rings. The van der Waals surface area contributed by atoms with Gasteiger partial charge >= 0.3 is 0 Å². The van der Waals surface area contributed by atoms with Gasteiger partial charge in [0, 0.05) is 12.3 Å². The van der Waals surface area contributed by atoms with Gasteiger partial charge < -0.3 is 4.57 Å². The first-order valence-electron chi connectivity index (χ1n) is 3.55. The van der Waals surface area contributed by atoms with Crippen molar-refractivity contribution in [2.45, 2.75) is 20.3 Å². The first-order valence-corrected chi connectivity index (χ1v) is 5.81. The van der Waals surface area contributed by atoms with Gasteiger partial charge in [0.25, 0.3) is 0 Å². The number of rotatable bonds is 4. The average molecular weight is 147 g/mol. The van der Waals surface area contributed by atoms with Crippen LogP contribution in [-0.2, 0) is 4.57 Å². The Hall–Kier alpha value is 0.230. The Morgan fingerprint density at radius 3 is 2.11 bits per heavy atom. The molecule has 0 bridgehead atoms. The molecule has 0 spiro atoms. The van der Waals surface area contributed by atoms with Crippen LogP contribution >= 0.6 is 7.14 Å². The van der Waals surface area contributed by atoms with Crippen molar-refractivity contribution in [3.8, 4) is 0 Å². The standard InChI is InChI=1S/C7H16OP/c1-4-7-9(8,5-2)6-3/h2,4-7H2,1,3H3. The Bertz CT molecular complexity index is 101. The molecule has 0 saturated carbocycles. The molecule has 1 atom stereocenters. The molecular weight excluding hydrogens is 131 g/mol. The van der Waals surface area contributed by atoms with Crippen LogP contribution < -0.4 is 0 Å². The van der Waals surface area contributed by atoms with E-state index in [4.69, 9.17) is 0 Å². The van der Waals surface area contributed by atoms with E-state index in [9.17, 15) is 4.57 Å². The fourth-order valence-corrected chi connectivity index (χ4v) is 2.51. The minimum Gasteiger partial charge on any atom is -0.324 e. The molecule has 1 radical (unpaired) electrons. The van der Waals surface area contributed by atoms with Crippen molar-refractivity contribution in [1.29, 1.82) is 0 Å². The van der Waals surface area contributed by atoms with Crippen LogP contribution in [0.1, 0.15) is 20.3 Å². The Morgan fingerprint density at radius 1 is 1.44 bits per heavy atom. The van der Waals surface area contributed by atoms with E-state index < -0.39 is 7.14 Å². The third kappa shape index (κ3) is 3.05. The Labute approximate surface area is 58.2 Å². The van der Waals surface area contributed by atoms with E-state index in [0.29, 0.717) is 6.16 Å². The molecule has 0 aromatic heterocycles. The normalized spacial score (nSPS) is 11.9. The Balaban J connectivity index is 3.78. The molecule has 0 amide bonds. The molecule has 0 aliphatic heterocycles. The predicted molar refractivity (Wildman–Crippen MR) is 43.5 cm³/mol. The molecular formula is C7H16OP. The summed E-state index contributed by atoms with van der Waals surface area (Å²) < 4.78 is 11.5. The number of hydrogen-bond acceptors (Lipinski definition) is 1. The highest BCUT2D eigenvalue weighted by atomic mass is 31.2. The van der Waals surface area contributed by atoms with Gasteiger partial charge in [-0.1, -0.05) is 13.8 Å². The molecule has 0 heterocycles. The van der Waals surface area contributed by atoms with Crippen LogP contribution in [0.25, 0.3) is 0 Å². The fourth-order valence-electron chi connectivity index (χ4n) is 0.836. The summed E-state index contributed by atoms with van der Waals surface area (Å²) in [4.78, 5) is 0. The van der Waals surface area contributed by atoms with Gasteiger partial charge in [-0.2, -0.15) is 0 Å². The van der Waals surface area contributed by atoms with Crippen molar-refractivity contribution in [2.24, 2.45) is 0 Å². The second kappa shape index (κ2) is 4.11. The van der Waals surface area contributed by atoms with Gasteiger partial charge in [0.15, 0.2) is 0 Å². The second-order valence-electron chi connectivity index (χ2n) is 2.32. The quantitative estimate of drug-likeness (QED) is 0.558. The van der Waals surface area contributed by atoms with E-state index >= 15 is 0 Å². The highest BCUT2D eigenvalue weighted by molar-refractivity contribution is 7.63. The lowest BCUT2D eigenvalue weighted by Crippen LogP contribution is -1.93. The highest BCUT2D eigenvalue weighted by Gasteiger charge is 2.13. The third-order valence-corrected chi connectivity index (χ3v) is 4.84. The lowest BCUT2D eigenvalue weighted by molar-refractivity contribution is 0.576. The van der Waals surface area contributed by atoms with E-state index in [1.807, 2.05) is 6.92 Å². The third-order valence-electron chi connectivity index (χ3n) is 1.61. The van der Waals surface area contributed by atoms with E-state index in [2.05, 4.69) is 13.8 Å². The largest absolute Gasteiger partial charge is 0.324 e. The lowest BCUT2D eigenvalue weighted by Gasteiger charge is -2.11. The van der Waals surface area contributed by atoms with Crippen LogP contribution in [0.15, 0.2) is 0 Å². The van der Waals surface area contributed by atoms with Crippen LogP contribution in [0.3, 0.4) is 0 Å². The van der Waals surface area contributed by atoms with Gasteiger partial charge in [0.05, 0.1) is 7.14 Å². The van der Waals surface area contributed by atoms with Gasteiger partial charge in [-0.15, -0.1) is 0 Å². The van der Waals surface area contributed by atoms with Crippen LogP contribution in [0.2, 0.25) is 0 Å². The maximum atomic E-state index is 11.5. The zero-order valence-corrected chi connectivity index (χ0v) is 7.29. The molecule has 1 nitrogen and oxygen atoms in total. The molecule has 0 aromatic carbocycles. The zero-order chi connectivity index (χ0) is 7.33. The van der Waals surface area contributed by atoms with Crippen molar-refractivity contribution < 1.29 is 4.57 Å². The van der Waals surface area contributed by atoms with Crippen molar-refractivity contribution in [1.82, 2.24) is 0 Å². The van der Waals surface area contributed by atoms with Crippen LogP contribution in [0.5, 0.6) is 0 Å². The summed E-state index contributed by atoms with van der Waals surface area (Å²) in [6.07, 6.45) is 3.37. The summed E-state index contributed by atoms with van der Waals surface area (Å²) in [7, 11) is -1.79. The van der Waals surface area contributed by atoms with Gasteiger partial charge in [0.1, 0.15) is 0 Å². The Kier molecular flexibility index (Phi) is 4.22. The molecule has 0 rings (SSSR count). The SMILES string of the molecule is [CH2]CP(=O)(CC)CCC. The van der Waals surface area contributed by atoms with E-state index in [0.717, 1.165) is 18.7 Å².